The Morgan fingerprint density at radius 1 is 1.08 bits per heavy atom. The lowest BCUT2D eigenvalue weighted by atomic mass is 9.43. The van der Waals surface area contributed by atoms with E-state index in [0.717, 1.165) is 43.1 Å². The molecule has 4 saturated carbocycles. The zero-order chi connectivity index (χ0) is 25.9. The molecule has 6 rings (SSSR count). The van der Waals surface area contributed by atoms with Gasteiger partial charge in [0.15, 0.2) is 0 Å². The third-order valence-corrected chi connectivity index (χ3v) is 11.9. The summed E-state index contributed by atoms with van der Waals surface area (Å²) in [6.45, 7) is 7.32. The van der Waals surface area contributed by atoms with E-state index in [1.807, 2.05) is 24.3 Å². The van der Waals surface area contributed by atoms with Crippen LogP contribution in [0, 0.1) is 46.3 Å². The van der Waals surface area contributed by atoms with Crippen LogP contribution >= 0.6 is 0 Å². The lowest BCUT2D eigenvalue weighted by Crippen LogP contribution is -2.58. The van der Waals surface area contributed by atoms with E-state index in [1.165, 1.54) is 25.7 Å². The lowest BCUT2D eigenvalue weighted by Gasteiger charge is -2.62. The van der Waals surface area contributed by atoms with Crippen molar-refractivity contribution in [3.8, 4) is 0 Å². The summed E-state index contributed by atoms with van der Waals surface area (Å²) in [5.41, 5.74) is 2.30. The first-order valence-corrected chi connectivity index (χ1v) is 14.8. The van der Waals surface area contributed by atoms with Crippen molar-refractivity contribution < 1.29 is 15.0 Å². The Morgan fingerprint density at radius 3 is 2.65 bits per heavy atom. The molecule has 202 valence electrons. The Labute approximate surface area is 221 Å². The van der Waals surface area contributed by atoms with Crippen LogP contribution < -0.4 is 5.32 Å². The number of carbonyl (C=O) groups excluding carboxylic acids is 1. The number of aliphatic hydroxyl groups excluding tert-OH is 2. The molecule has 1 amide bonds. The van der Waals surface area contributed by atoms with Gasteiger partial charge in [-0.15, -0.1) is 0 Å². The van der Waals surface area contributed by atoms with Gasteiger partial charge in [-0.25, -0.2) is 4.98 Å². The predicted molar refractivity (Wildman–Crippen MR) is 146 cm³/mol. The Morgan fingerprint density at radius 2 is 1.84 bits per heavy atom. The largest absolute Gasteiger partial charge is 0.393 e. The van der Waals surface area contributed by atoms with E-state index in [9.17, 15) is 15.0 Å². The summed E-state index contributed by atoms with van der Waals surface area (Å²) in [6, 6.07) is 7.81. The molecular weight excluding hydrogens is 462 g/mol. The van der Waals surface area contributed by atoms with Crippen LogP contribution in [0.1, 0.15) is 85.0 Å². The third kappa shape index (κ3) is 4.23. The maximum Gasteiger partial charge on any atom is 0.226 e. The predicted octanol–water partition coefficient (Wildman–Crippen LogP) is 5.91. The second kappa shape index (κ2) is 9.37. The molecule has 2 aromatic rings. The standard InChI is InChI=1S/C31H45N3O3/c1-18(8-11-27(37)34-29-32-24-6-4-5-7-25(24)33-29)21-9-10-22-28-23(13-15-31(21,22)3)30(2)14-12-20(35)16-19(30)17-26(28)36/h4-7,18-23,26,28,35-36H,8-17H2,1-3H3,(H2,32,33,34,37)/t18-,19+,20-,21-,22+,23+,26+,28+,30+,31-/m1/s1. The quantitative estimate of drug-likeness (QED) is 0.404. The van der Waals surface area contributed by atoms with Crippen molar-refractivity contribution in [2.75, 3.05) is 5.32 Å². The fraction of sp³-hybridized carbons (Fsp3) is 0.742. The van der Waals surface area contributed by atoms with E-state index < -0.39 is 0 Å². The van der Waals surface area contributed by atoms with Crippen LogP contribution in [-0.2, 0) is 4.79 Å². The molecule has 0 unspecified atom stereocenters. The maximum absolute atomic E-state index is 12.8. The Kier molecular flexibility index (Phi) is 6.42. The number of benzene rings is 1. The van der Waals surface area contributed by atoms with Crippen LogP contribution in [0.25, 0.3) is 11.0 Å². The van der Waals surface area contributed by atoms with Crippen molar-refractivity contribution in [3.63, 3.8) is 0 Å². The summed E-state index contributed by atoms with van der Waals surface area (Å²) in [5, 5.41) is 24.7. The van der Waals surface area contributed by atoms with Crippen molar-refractivity contribution in [1.29, 1.82) is 0 Å². The lowest BCUT2D eigenvalue weighted by molar-refractivity contribution is -0.174. The average Bonchev–Trinajstić information content (AvgIpc) is 3.43. The summed E-state index contributed by atoms with van der Waals surface area (Å²) in [6.07, 6.45) is 9.58. The Balaban J connectivity index is 1.10. The molecule has 37 heavy (non-hydrogen) atoms. The number of hydrogen-bond donors (Lipinski definition) is 4. The smallest absolute Gasteiger partial charge is 0.226 e. The van der Waals surface area contributed by atoms with Crippen LogP contribution in [0.3, 0.4) is 0 Å². The highest BCUT2D eigenvalue weighted by atomic mass is 16.3. The minimum absolute atomic E-state index is 0.0236. The summed E-state index contributed by atoms with van der Waals surface area (Å²) < 4.78 is 0. The number of nitrogens with one attached hydrogen (secondary N) is 2. The average molecular weight is 508 g/mol. The van der Waals surface area contributed by atoms with Gasteiger partial charge in [0.05, 0.1) is 23.2 Å². The monoisotopic (exact) mass is 507 g/mol. The number of para-hydroxylation sites is 2. The van der Waals surface area contributed by atoms with Crippen LogP contribution in [0.2, 0.25) is 0 Å². The zero-order valence-electron chi connectivity index (χ0n) is 22.7. The summed E-state index contributed by atoms with van der Waals surface area (Å²) in [7, 11) is 0. The van der Waals surface area contributed by atoms with Crippen LogP contribution in [-0.4, -0.2) is 38.3 Å². The van der Waals surface area contributed by atoms with Gasteiger partial charge in [-0.1, -0.05) is 32.9 Å². The number of anilines is 1. The maximum atomic E-state index is 12.8. The van der Waals surface area contributed by atoms with Crippen LogP contribution in [0.5, 0.6) is 0 Å². The second-order valence-electron chi connectivity index (χ2n) is 13.6. The van der Waals surface area contributed by atoms with Gasteiger partial charge in [0.2, 0.25) is 11.9 Å². The van der Waals surface area contributed by atoms with Crippen molar-refractivity contribution in [3.05, 3.63) is 24.3 Å². The molecule has 0 aliphatic heterocycles. The number of rotatable bonds is 5. The van der Waals surface area contributed by atoms with Crippen LogP contribution in [0.15, 0.2) is 24.3 Å². The molecule has 4 N–H and O–H groups in total. The summed E-state index contributed by atoms with van der Waals surface area (Å²) in [5.74, 6) is 3.62. The second-order valence-corrected chi connectivity index (χ2v) is 13.6. The molecule has 10 atom stereocenters. The van der Waals surface area contributed by atoms with Crippen molar-refractivity contribution >= 4 is 22.9 Å². The van der Waals surface area contributed by atoms with Gasteiger partial charge in [-0.05, 0) is 116 Å². The number of amides is 1. The minimum Gasteiger partial charge on any atom is -0.393 e. The van der Waals surface area contributed by atoms with Crippen LogP contribution in [0.4, 0.5) is 5.95 Å². The van der Waals surface area contributed by atoms with E-state index in [0.29, 0.717) is 47.9 Å². The molecule has 6 heteroatoms. The molecule has 1 aromatic heterocycles. The number of fused-ring (bicyclic) bond motifs is 6. The fourth-order valence-electron chi connectivity index (χ4n) is 9.94. The molecule has 0 saturated heterocycles. The number of aromatic amines is 1. The fourth-order valence-corrected chi connectivity index (χ4v) is 9.94. The highest BCUT2D eigenvalue weighted by molar-refractivity contribution is 5.91. The Hall–Kier alpha value is -1.92. The molecular formula is C31H45N3O3. The zero-order valence-corrected chi connectivity index (χ0v) is 22.7. The highest BCUT2D eigenvalue weighted by Crippen LogP contribution is 2.68. The third-order valence-electron chi connectivity index (χ3n) is 11.9. The number of aromatic nitrogens is 2. The van der Waals surface area contributed by atoms with Gasteiger partial charge in [-0.3, -0.25) is 10.1 Å². The minimum atomic E-state index is -0.235. The summed E-state index contributed by atoms with van der Waals surface area (Å²) in [4.78, 5) is 20.4. The molecule has 0 radical (unpaired) electrons. The van der Waals surface area contributed by atoms with E-state index >= 15 is 0 Å². The molecule has 0 bridgehead atoms. The van der Waals surface area contributed by atoms with Gasteiger partial charge in [-0.2, -0.15) is 0 Å². The molecule has 1 aromatic carbocycles. The van der Waals surface area contributed by atoms with Gasteiger partial charge in [0.25, 0.3) is 0 Å². The van der Waals surface area contributed by atoms with E-state index in [-0.39, 0.29) is 28.9 Å². The Bertz CT molecular complexity index is 1110. The van der Waals surface area contributed by atoms with Gasteiger partial charge in [0, 0.05) is 6.42 Å². The normalized spacial score (nSPS) is 42.0. The number of aliphatic hydroxyl groups is 2. The van der Waals surface area contributed by atoms with E-state index in [2.05, 4.69) is 36.1 Å². The van der Waals surface area contributed by atoms with Crippen molar-refractivity contribution in [1.82, 2.24) is 9.97 Å². The topological polar surface area (TPSA) is 98.2 Å². The first-order valence-electron chi connectivity index (χ1n) is 14.8. The van der Waals surface area contributed by atoms with Crippen molar-refractivity contribution in [2.45, 2.75) is 97.2 Å². The molecule has 1 heterocycles. The van der Waals surface area contributed by atoms with Gasteiger partial charge >= 0.3 is 0 Å². The highest BCUT2D eigenvalue weighted by Gasteiger charge is 2.62. The number of imidazole rings is 1. The SMILES string of the molecule is C[C@H](CCC(=O)Nc1nc2ccccc2[nH]1)[C@H]1CC[C@H]2[C@@H]3[C@@H](O)C[C@@H]4C[C@H](O)CC[C@]4(C)[C@H]3CC[C@]12C. The van der Waals surface area contributed by atoms with E-state index in [1.54, 1.807) is 0 Å². The molecule has 4 aliphatic rings. The number of hydrogen-bond acceptors (Lipinski definition) is 4. The molecule has 4 aliphatic carbocycles. The summed E-state index contributed by atoms with van der Waals surface area (Å²) >= 11 is 0. The van der Waals surface area contributed by atoms with E-state index in [4.69, 9.17) is 0 Å². The van der Waals surface area contributed by atoms with Gasteiger partial charge < -0.3 is 15.2 Å². The molecule has 6 nitrogen and oxygen atoms in total. The van der Waals surface area contributed by atoms with Crippen molar-refractivity contribution in [2.24, 2.45) is 46.3 Å². The first kappa shape index (κ1) is 25.4. The van der Waals surface area contributed by atoms with Gasteiger partial charge in [0.1, 0.15) is 0 Å². The number of H-pyrrole nitrogens is 1. The molecule has 0 spiro atoms. The molecule has 4 fully saturated rings. The first-order chi connectivity index (χ1) is 17.7. The number of carbonyl (C=O) groups is 1. The number of nitrogens with zero attached hydrogens (tertiary/aromatic N) is 1.